The summed E-state index contributed by atoms with van der Waals surface area (Å²) < 4.78 is 39.3. The molecular weight excluding hydrogens is 648 g/mol. The second-order valence-electron chi connectivity index (χ2n) is 11.6. The Kier molecular flexibility index (Phi) is 9.10. The molecule has 11 nitrogen and oxygen atoms in total. The Balaban J connectivity index is 1.17. The second-order valence-corrected chi connectivity index (χ2v) is 15.2. The molecule has 4 heterocycles. The molecule has 2 aromatic carbocycles. The van der Waals surface area contributed by atoms with Crippen LogP contribution in [0.15, 0.2) is 61.2 Å². The van der Waals surface area contributed by atoms with Gasteiger partial charge in [-0.25, -0.2) is 13.4 Å². The Labute approximate surface area is 276 Å². The molecule has 0 aliphatic carbocycles. The number of fused-ring (bicyclic) bond motifs is 1. The zero-order valence-electron chi connectivity index (χ0n) is 25.7. The first-order valence-electron chi connectivity index (χ1n) is 14.9. The number of carbonyl (C=O) groups is 1. The van der Waals surface area contributed by atoms with Crippen molar-refractivity contribution in [3.05, 3.63) is 76.6 Å². The quantitative estimate of drug-likeness (QED) is 0.199. The van der Waals surface area contributed by atoms with E-state index in [1.54, 1.807) is 17.1 Å². The average Bonchev–Trinajstić information content (AvgIpc) is 3.75. The number of rotatable bonds is 11. The van der Waals surface area contributed by atoms with E-state index in [-0.39, 0.29) is 11.9 Å². The van der Waals surface area contributed by atoms with Gasteiger partial charge in [-0.3, -0.25) is 14.0 Å². The van der Waals surface area contributed by atoms with Crippen LogP contribution >= 0.6 is 22.9 Å². The lowest BCUT2D eigenvalue weighted by molar-refractivity contribution is 0.0997. The number of primary amides is 1. The number of halogens is 1. The van der Waals surface area contributed by atoms with Crippen LogP contribution in [0.5, 0.6) is 11.5 Å². The number of thiophene rings is 1. The van der Waals surface area contributed by atoms with E-state index in [9.17, 15) is 13.2 Å². The average molecular weight is 683 g/mol. The third-order valence-corrected chi connectivity index (χ3v) is 10.5. The minimum Gasteiger partial charge on any atom is -0.489 e. The number of piperidine rings is 1. The summed E-state index contributed by atoms with van der Waals surface area (Å²) in [4.78, 5) is 19.5. The Morgan fingerprint density at radius 1 is 1.15 bits per heavy atom. The molecule has 1 aliphatic rings. The van der Waals surface area contributed by atoms with Crippen molar-refractivity contribution >= 4 is 49.7 Å². The van der Waals surface area contributed by atoms with Gasteiger partial charge in [-0.15, -0.1) is 11.3 Å². The van der Waals surface area contributed by atoms with Gasteiger partial charge in [0.2, 0.25) is 0 Å². The number of hydrogen-bond donors (Lipinski definition) is 1. The third kappa shape index (κ3) is 7.07. The van der Waals surface area contributed by atoms with Crippen LogP contribution in [0.3, 0.4) is 0 Å². The summed E-state index contributed by atoms with van der Waals surface area (Å²) in [6.07, 6.45) is 7.72. The molecule has 0 spiro atoms. The number of sulfone groups is 1. The molecule has 1 amide bonds. The van der Waals surface area contributed by atoms with Crippen molar-refractivity contribution in [1.82, 2.24) is 24.2 Å². The van der Waals surface area contributed by atoms with Crippen molar-refractivity contribution in [1.29, 1.82) is 0 Å². The molecule has 1 fully saturated rings. The van der Waals surface area contributed by atoms with Crippen LogP contribution in [0, 0.1) is 0 Å². The van der Waals surface area contributed by atoms with E-state index in [1.165, 1.54) is 17.6 Å². The summed E-state index contributed by atoms with van der Waals surface area (Å²) in [7, 11) is -1.12. The number of amides is 1. The van der Waals surface area contributed by atoms with Crippen LogP contribution < -0.4 is 15.2 Å². The molecule has 0 bridgehead atoms. The number of nitrogens with zero attached hydrogens (tertiary/aromatic N) is 5. The molecule has 3 aromatic heterocycles. The maximum Gasteiger partial charge on any atom is 0.262 e. The number of aromatic nitrogens is 4. The number of benzene rings is 2. The van der Waals surface area contributed by atoms with Crippen LogP contribution in [0.25, 0.3) is 27.2 Å². The largest absolute Gasteiger partial charge is 0.489 e. The van der Waals surface area contributed by atoms with Crippen molar-refractivity contribution in [3.63, 3.8) is 0 Å². The third-order valence-electron chi connectivity index (χ3n) is 8.07. The fourth-order valence-corrected chi connectivity index (χ4v) is 7.43. The van der Waals surface area contributed by atoms with Crippen molar-refractivity contribution in [3.8, 4) is 27.6 Å². The Morgan fingerprint density at radius 2 is 1.93 bits per heavy atom. The number of carbonyl (C=O) groups excluding carboxylic acids is 1. The fraction of sp³-hybridized carbons (Fsp3) is 0.344. The molecule has 0 radical (unpaired) electrons. The van der Waals surface area contributed by atoms with Gasteiger partial charge in [0.25, 0.3) is 5.91 Å². The maximum atomic E-state index is 12.5. The number of likely N-dealkylation sites (tertiary alicyclic amines) is 1. The first-order valence-corrected chi connectivity index (χ1v) is 18.1. The van der Waals surface area contributed by atoms with E-state index in [1.807, 2.05) is 67.3 Å². The highest BCUT2D eigenvalue weighted by atomic mass is 35.5. The molecular formula is C32H35ClN6O5S2. The summed E-state index contributed by atoms with van der Waals surface area (Å²) in [5.74, 6) is 0.478. The van der Waals surface area contributed by atoms with Crippen LogP contribution in [-0.2, 0) is 16.9 Å². The summed E-state index contributed by atoms with van der Waals surface area (Å²) in [6, 6.07) is 13.4. The summed E-state index contributed by atoms with van der Waals surface area (Å²) >= 11 is 8.07. The number of aryl methyl sites for hydroxylation is 1. The van der Waals surface area contributed by atoms with E-state index in [0.717, 1.165) is 53.1 Å². The predicted molar refractivity (Wildman–Crippen MR) is 180 cm³/mol. The van der Waals surface area contributed by atoms with Gasteiger partial charge in [0, 0.05) is 56.3 Å². The Morgan fingerprint density at radius 3 is 2.63 bits per heavy atom. The molecule has 5 aromatic rings. The zero-order chi connectivity index (χ0) is 32.6. The van der Waals surface area contributed by atoms with Gasteiger partial charge in [-0.1, -0.05) is 29.8 Å². The topological polar surface area (TPSA) is 135 Å². The maximum absolute atomic E-state index is 12.5. The van der Waals surface area contributed by atoms with Crippen molar-refractivity contribution in [2.75, 3.05) is 31.6 Å². The van der Waals surface area contributed by atoms with E-state index in [4.69, 9.17) is 26.8 Å². The first-order chi connectivity index (χ1) is 21.9. The van der Waals surface area contributed by atoms with E-state index in [2.05, 4.69) is 15.0 Å². The smallest absolute Gasteiger partial charge is 0.262 e. The molecule has 1 saturated heterocycles. The van der Waals surface area contributed by atoms with Crippen LogP contribution in [-0.4, -0.2) is 76.3 Å². The van der Waals surface area contributed by atoms with Gasteiger partial charge in [0.15, 0.2) is 0 Å². The Hall–Kier alpha value is -3.91. The lowest BCUT2D eigenvalue weighted by Gasteiger charge is -2.32. The monoisotopic (exact) mass is 682 g/mol. The highest BCUT2D eigenvalue weighted by molar-refractivity contribution is 7.90. The summed E-state index contributed by atoms with van der Waals surface area (Å²) in [5.41, 5.74) is 10.2. The lowest BCUT2D eigenvalue weighted by atomic mass is 10.1. The second kappa shape index (κ2) is 13.1. The van der Waals surface area contributed by atoms with E-state index >= 15 is 0 Å². The van der Waals surface area contributed by atoms with Crippen LogP contribution in [0.2, 0.25) is 5.02 Å². The lowest BCUT2D eigenvalue weighted by Crippen LogP contribution is -2.40. The van der Waals surface area contributed by atoms with Crippen molar-refractivity contribution in [2.24, 2.45) is 12.8 Å². The van der Waals surface area contributed by atoms with Crippen LogP contribution in [0.4, 0.5) is 0 Å². The molecule has 1 atom stereocenters. The zero-order valence-corrected chi connectivity index (χ0v) is 28.1. The van der Waals surface area contributed by atoms with Gasteiger partial charge in [-0.2, -0.15) is 5.10 Å². The van der Waals surface area contributed by atoms with Gasteiger partial charge >= 0.3 is 0 Å². The highest BCUT2D eigenvalue weighted by Crippen LogP contribution is 2.39. The molecule has 14 heteroatoms. The van der Waals surface area contributed by atoms with E-state index < -0.39 is 21.8 Å². The number of imidazole rings is 1. The van der Waals surface area contributed by atoms with Crippen molar-refractivity contribution in [2.45, 2.75) is 32.0 Å². The normalized spacial score (nSPS) is 15.3. The summed E-state index contributed by atoms with van der Waals surface area (Å²) in [6.45, 7) is 3.90. The standard InChI is InChI=1S/C32H35ClN6O5S2/c1-20(24-5-4-6-27(30(24)33)44-23-9-11-38(12-10-23)13-14-46(3,41)42)43-28-16-29(45-31(28)32(34)40)39-19-35-25-15-21(7-8-26(25)39)22-17-36-37(2)18-22/h4-8,15-20,23H,9-14H2,1-3H3,(H2,34,40)/t20-/m1/s1. The van der Waals surface area contributed by atoms with Gasteiger partial charge in [-0.05, 0) is 43.5 Å². The molecule has 6 rings (SSSR count). The molecule has 0 unspecified atom stereocenters. The minimum atomic E-state index is -3.00. The number of nitrogens with two attached hydrogens (primary N) is 1. The molecule has 1 aliphatic heterocycles. The minimum absolute atomic E-state index is 0.0372. The SMILES string of the molecule is C[C@@H](Oc1cc(-n2cnc3cc(-c4cnn(C)c4)ccc32)sc1C(N)=O)c1cccc(OC2CCN(CCS(C)(=O)=O)CC2)c1Cl. The number of ether oxygens (including phenoxy) is 2. The number of hydrogen-bond acceptors (Lipinski definition) is 9. The molecule has 242 valence electrons. The first kappa shape index (κ1) is 32.0. The van der Waals surface area contributed by atoms with Gasteiger partial charge in [0.05, 0.1) is 28.0 Å². The highest BCUT2D eigenvalue weighted by Gasteiger charge is 2.25. The van der Waals surface area contributed by atoms with Gasteiger partial charge in [0.1, 0.15) is 49.7 Å². The molecule has 0 saturated carbocycles. The Bertz CT molecular complexity index is 1990. The molecule has 46 heavy (non-hydrogen) atoms. The van der Waals surface area contributed by atoms with Crippen LogP contribution in [0.1, 0.15) is 41.1 Å². The van der Waals surface area contributed by atoms with Gasteiger partial charge < -0.3 is 20.1 Å². The van der Waals surface area contributed by atoms with Crippen molar-refractivity contribution < 1.29 is 22.7 Å². The molecule has 2 N–H and O–H groups in total. The van der Waals surface area contributed by atoms with E-state index in [0.29, 0.717) is 33.5 Å². The fourth-order valence-electron chi connectivity index (χ4n) is 5.59. The summed E-state index contributed by atoms with van der Waals surface area (Å²) in [5, 5.41) is 5.43. The predicted octanol–water partition coefficient (Wildman–Crippen LogP) is 5.27.